The topological polar surface area (TPSA) is 12.0 Å². The van der Waals surface area contributed by atoms with Crippen LogP contribution in [0.1, 0.15) is 66.2 Å². The molecule has 0 bridgehead atoms. The minimum Gasteiger partial charge on any atom is -0.314 e. The Morgan fingerprint density at radius 1 is 1.40 bits per heavy atom. The first-order valence-corrected chi connectivity index (χ1v) is 6.79. The molecule has 0 amide bonds. The van der Waals surface area contributed by atoms with Gasteiger partial charge in [-0.05, 0) is 43.6 Å². The van der Waals surface area contributed by atoms with E-state index in [2.05, 4.69) is 33.0 Å². The second-order valence-electron chi connectivity index (χ2n) is 6.09. The minimum atomic E-state index is 0.641. The van der Waals surface area contributed by atoms with Crippen molar-refractivity contribution in [1.29, 1.82) is 0 Å². The summed E-state index contributed by atoms with van der Waals surface area (Å²) in [5.41, 5.74) is 0.641. The highest BCUT2D eigenvalue weighted by Gasteiger charge is 2.33. The van der Waals surface area contributed by atoms with Crippen LogP contribution in [0, 0.1) is 11.3 Å². The first kappa shape index (κ1) is 13.0. The Hall–Kier alpha value is -0.0400. The standard InChI is InChI=1S/C14H29N/c1-5-15-13-8-10-14(4,11-13)9-6-7-12(2)3/h12-13,15H,5-11H2,1-4H3. The predicted molar refractivity (Wildman–Crippen MR) is 68.1 cm³/mol. The van der Waals surface area contributed by atoms with Crippen molar-refractivity contribution < 1.29 is 0 Å². The van der Waals surface area contributed by atoms with Gasteiger partial charge in [-0.2, -0.15) is 0 Å². The van der Waals surface area contributed by atoms with Crippen LogP contribution in [0.4, 0.5) is 0 Å². The van der Waals surface area contributed by atoms with Gasteiger partial charge in [0.05, 0.1) is 0 Å². The highest BCUT2D eigenvalue weighted by Crippen LogP contribution is 2.42. The highest BCUT2D eigenvalue weighted by atomic mass is 14.9. The van der Waals surface area contributed by atoms with Crippen molar-refractivity contribution in [2.24, 2.45) is 11.3 Å². The maximum absolute atomic E-state index is 3.60. The molecule has 0 saturated heterocycles. The molecule has 1 aliphatic rings. The average Bonchev–Trinajstić information content (AvgIpc) is 2.48. The zero-order chi connectivity index (χ0) is 11.3. The van der Waals surface area contributed by atoms with Crippen molar-refractivity contribution in [3.8, 4) is 0 Å². The number of hydrogen-bond donors (Lipinski definition) is 1. The molecule has 1 rings (SSSR count). The third-order valence-electron chi connectivity index (χ3n) is 3.89. The summed E-state index contributed by atoms with van der Waals surface area (Å²) >= 11 is 0. The molecular weight excluding hydrogens is 182 g/mol. The number of rotatable bonds is 6. The molecule has 2 unspecified atom stereocenters. The van der Waals surface area contributed by atoms with E-state index in [4.69, 9.17) is 0 Å². The fourth-order valence-electron chi connectivity index (χ4n) is 2.95. The third kappa shape index (κ3) is 4.55. The van der Waals surface area contributed by atoms with Crippen LogP contribution in [-0.2, 0) is 0 Å². The van der Waals surface area contributed by atoms with Gasteiger partial charge in [-0.25, -0.2) is 0 Å². The Kier molecular flexibility index (Phi) is 5.11. The van der Waals surface area contributed by atoms with Crippen molar-refractivity contribution in [3.05, 3.63) is 0 Å². The third-order valence-corrected chi connectivity index (χ3v) is 3.89. The van der Waals surface area contributed by atoms with Crippen molar-refractivity contribution in [2.75, 3.05) is 6.54 Å². The Labute approximate surface area is 96.0 Å². The van der Waals surface area contributed by atoms with E-state index in [0.29, 0.717) is 5.41 Å². The average molecular weight is 211 g/mol. The van der Waals surface area contributed by atoms with E-state index in [1.807, 2.05) is 0 Å². The van der Waals surface area contributed by atoms with Gasteiger partial charge in [0, 0.05) is 6.04 Å². The first-order chi connectivity index (χ1) is 7.06. The molecule has 0 aromatic rings. The van der Waals surface area contributed by atoms with E-state index in [-0.39, 0.29) is 0 Å². The van der Waals surface area contributed by atoms with Gasteiger partial charge in [-0.3, -0.25) is 0 Å². The van der Waals surface area contributed by atoms with Gasteiger partial charge in [0.25, 0.3) is 0 Å². The maximum Gasteiger partial charge on any atom is 0.00723 e. The van der Waals surface area contributed by atoms with Crippen LogP contribution in [0.5, 0.6) is 0 Å². The summed E-state index contributed by atoms with van der Waals surface area (Å²) in [4.78, 5) is 0. The first-order valence-electron chi connectivity index (χ1n) is 6.79. The summed E-state index contributed by atoms with van der Waals surface area (Å²) in [5, 5.41) is 3.60. The maximum atomic E-state index is 3.60. The van der Waals surface area contributed by atoms with Gasteiger partial charge in [-0.15, -0.1) is 0 Å². The van der Waals surface area contributed by atoms with Crippen LogP contribution in [-0.4, -0.2) is 12.6 Å². The van der Waals surface area contributed by atoms with Gasteiger partial charge in [-0.1, -0.05) is 40.5 Å². The predicted octanol–water partition coefficient (Wildman–Crippen LogP) is 3.98. The van der Waals surface area contributed by atoms with Crippen LogP contribution in [0.3, 0.4) is 0 Å². The van der Waals surface area contributed by atoms with Crippen molar-refractivity contribution >= 4 is 0 Å². The van der Waals surface area contributed by atoms with Crippen molar-refractivity contribution in [1.82, 2.24) is 5.32 Å². The molecule has 90 valence electrons. The van der Waals surface area contributed by atoms with Crippen molar-refractivity contribution in [3.63, 3.8) is 0 Å². The Morgan fingerprint density at radius 2 is 2.13 bits per heavy atom. The monoisotopic (exact) mass is 211 g/mol. The summed E-state index contributed by atoms with van der Waals surface area (Å²) in [6.45, 7) is 10.5. The lowest BCUT2D eigenvalue weighted by Gasteiger charge is -2.24. The fraction of sp³-hybridized carbons (Fsp3) is 1.00. The van der Waals surface area contributed by atoms with E-state index < -0.39 is 0 Å². The summed E-state index contributed by atoms with van der Waals surface area (Å²) < 4.78 is 0. The molecule has 1 fully saturated rings. The smallest absolute Gasteiger partial charge is 0.00723 e. The van der Waals surface area contributed by atoms with Gasteiger partial charge >= 0.3 is 0 Å². The zero-order valence-electron chi connectivity index (χ0n) is 11.1. The summed E-state index contributed by atoms with van der Waals surface area (Å²) in [7, 11) is 0. The Morgan fingerprint density at radius 3 is 2.73 bits per heavy atom. The highest BCUT2D eigenvalue weighted by molar-refractivity contribution is 4.89. The van der Waals surface area contributed by atoms with Crippen LogP contribution in [0.15, 0.2) is 0 Å². The molecule has 0 aromatic carbocycles. The van der Waals surface area contributed by atoms with Gasteiger partial charge in [0.1, 0.15) is 0 Å². The molecule has 0 aliphatic heterocycles. The van der Waals surface area contributed by atoms with Gasteiger partial charge in [0.15, 0.2) is 0 Å². The second-order valence-corrected chi connectivity index (χ2v) is 6.09. The van der Waals surface area contributed by atoms with Gasteiger partial charge < -0.3 is 5.32 Å². The van der Waals surface area contributed by atoms with Crippen molar-refractivity contribution in [2.45, 2.75) is 72.3 Å². The Balaban J connectivity index is 2.22. The molecule has 0 aromatic heterocycles. The van der Waals surface area contributed by atoms with Crippen LogP contribution in [0.25, 0.3) is 0 Å². The van der Waals surface area contributed by atoms with Crippen LogP contribution < -0.4 is 5.32 Å². The molecule has 1 N–H and O–H groups in total. The molecule has 0 radical (unpaired) electrons. The molecule has 1 saturated carbocycles. The lowest BCUT2D eigenvalue weighted by Crippen LogP contribution is -2.27. The van der Waals surface area contributed by atoms with Gasteiger partial charge in [0.2, 0.25) is 0 Å². The molecule has 15 heavy (non-hydrogen) atoms. The lowest BCUT2D eigenvalue weighted by molar-refractivity contribution is 0.280. The quantitative estimate of drug-likeness (QED) is 0.700. The number of hydrogen-bond acceptors (Lipinski definition) is 1. The lowest BCUT2D eigenvalue weighted by atomic mass is 9.82. The molecule has 0 heterocycles. The van der Waals surface area contributed by atoms with E-state index in [1.54, 1.807) is 0 Å². The molecule has 1 nitrogen and oxygen atoms in total. The van der Waals surface area contributed by atoms with E-state index in [0.717, 1.165) is 18.5 Å². The minimum absolute atomic E-state index is 0.641. The van der Waals surface area contributed by atoms with E-state index in [1.165, 1.54) is 38.5 Å². The van der Waals surface area contributed by atoms with E-state index >= 15 is 0 Å². The number of nitrogens with one attached hydrogen (secondary N) is 1. The van der Waals surface area contributed by atoms with Crippen LogP contribution in [0.2, 0.25) is 0 Å². The Bertz CT molecular complexity index is 176. The zero-order valence-corrected chi connectivity index (χ0v) is 11.1. The second kappa shape index (κ2) is 5.89. The summed E-state index contributed by atoms with van der Waals surface area (Å²) in [5.74, 6) is 0.875. The fourth-order valence-corrected chi connectivity index (χ4v) is 2.95. The largest absolute Gasteiger partial charge is 0.314 e. The SMILES string of the molecule is CCNC1CCC(C)(CCCC(C)C)C1. The molecule has 0 spiro atoms. The normalized spacial score (nSPS) is 31.4. The summed E-state index contributed by atoms with van der Waals surface area (Å²) in [6, 6.07) is 0.805. The molecule has 1 aliphatic carbocycles. The van der Waals surface area contributed by atoms with E-state index in [9.17, 15) is 0 Å². The summed E-state index contributed by atoms with van der Waals surface area (Å²) in [6.07, 6.45) is 8.50. The van der Waals surface area contributed by atoms with Crippen LogP contribution >= 0.6 is 0 Å². The molecule has 1 heteroatoms. The molecular formula is C14H29N. The molecule has 2 atom stereocenters.